The van der Waals surface area contributed by atoms with Crippen LogP contribution in [0.1, 0.15) is 35.1 Å². The molecule has 1 aliphatic heterocycles. The number of likely N-dealkylation sites (tertiary alicyclic amines) is 1. The van der Waals surface area contributed by atoms with E-state index in [0.29, 0.717) is 36.3 Å². The van der Waals surface area contributed by atoms with Gasteiger partial charge in [0, 0.05) is 11.3 Å². The van der Waals surface area contributed by atoms with Gasteiger partial charge >= 0.3 is 0 Å². The molecule has 8 nitrogen and oxygen atoms in total. The normalized spacial score (nSPS) is 16.6. The fraction of sp³-hybridized carbons (Fsp3) is 0.273. The number of aromatic amines is 1. The van der Waals surface area contributed by atoms with Crippen molar-refractivity contribution in [2.24, 2.45) is 0 Å². The third-order valence-electron chi connectivity index (χ3n) is 5.60. The zero-order valence-electron chi connectivity index (χ0n) is 16.1. The van der Waals surface area contributed by atoms with Crippen LogP contribution in [0.4, 0.5) is 0 Å². The van der Waals surface area contributed by atoms with Crippen molar-refractivity contribution in [2.75, 3.05) is 13.1 Å². The molecule has 4 aromatic rings. The fourth-order valence-electron chi connectivity index (χ4n) is 3.73. The van der Waals surface area contributed by atoms with Gasteiger partial charge in [0.1, 0.15) is 11.9 Å². The number of H-pyrrole nitrogens is 1. The number of hydrogen-bond donors (Lipinski definition) is 1. The van der Waals surface area contributed by atoms with Crippen LogP contribution in [0.25, 0.3) is 22.4 Å². The minimum absolute atomic E-state index is 0.0911. The van der Waals surface area contributed by atoms with Gasteiger partial charge < -0.3 is 14.2 Å². The molecule has 0 radical (unpaired) electrons. The van der Waals surface area contributed by atoms with Gasteiger partial charge in [-0.3, -0.25) is 9.89 Å². The molecule has 8 heteroatoms. The van der Waals surface area contributed by atoms with Crippen molar-refractivity contribution in [1.82, 2.24) is 25.2 Å². The Labute approximate surface area is 171 Å². The van der Waals surface area contributed by atoms with E-state index in [1.165, 1.54) is 0 Å². The second-order valence-corrected chi connectivity index (χ2v) is 7.80. The molecule has 6 rings (SSSR count). The van der Waals surface area contributed by atoms with Crippen molar-refractivity contribution < 1.29 is 14.1 Å². The minimum atomic E-state index is -0.0915. The van der Waals surface area contributed by atoms with Crippen molar-refractivity contribution in [2.45, 2.75) is 24.9 Å². The molecule has 1 aliphatic carbocycles. The molecular weight excluding hydrogens is 382 g/mol. The molecule has 2 fully saturated rings. The average molecular weight is 401 g/mol. The topological polar surface area (TPSA) is 97.1 Å². The Bertz CT molecular complexity index is 1240. The lowest BCUT2D eigenvalue weighted by Crippen LogP contribution is -2.56. The summed E-state index contributed by atoms with van der Waals surface area (Å²) in [4.78, 5) is 19.1. The highest BCUT2D eigenvalue weighted by atomic mass is 16.5. The second-order valence-electron chi connectivity index (χ2n) is 7.80. The molecular formula is C22H19N5O3. The van der Waals surface area contributed by atoms with Crippen LogP contribution in [0.5, 0.6) is 5.75 Å². The van der Waals surface area contributed by atoms with Crippen LogP contribution in [-0.4, -0.2) is 50.3 Å². The summed E-state index contributed by atoms with van der Waals surface area (Å²) in [6, 6.07) is 15.3. The smallest absolute Gasteiger partial charge is 0.275 e. The van der Waals surface area contributed by atoms with Gasteiger partial charge in [-0.1, -0.05) is 35.5 Å². The predicted molar refractivity (Wildman–Crippen MR) is 108 cm³/mol. The first-order valence-electron chi connectivity index (χ1n) is 10.1. The Hall–Kier alpha value is -3.68. The van der Waals surface area contributed by atoms with E-state index in [1.54, 1.807) is 4.90 Å². The van der Waals surface area contributed by atoms with Crippen molar-refractivity contribution in [3.05, 3.63) is 60.0 Å². The van der Waals surface area contributed by atoms with Gasteiger partial charge in [-0.2, -0.15) is 10.1 Å². The lowest BCUT2D eigenvalue weighted by molar-refractivity contribution is 0.0176. The highest BCUT2D eigenvalue weighted by Gasteiger charge is 2.35. The first kappa shape index (κ1) is 17.2. The number of fused-ring (bicyclic) bond motifs is 1. The zero-order chi connectivity index (χ0) is 20.1. The molecule has 1 saturated heterocycles. The van der Waals surface area contributed by atoms with E-state index in [9.17, 15) is 4.79 Å². The van der Waals surface area contributed by atoms with E-state index in [-0.39, 0.29) is 12.0 Å². The van der Waals surface area contributed by atoms with Crippen LogP contribution in [0, 0.1) is 0 Å². The summed E-state index contributed by atoms with van der Waals surface area (Å²) in [5, 5.41) is 12.0. The summed E-state index contributed by atoms with van der Waals surface area (Å²) in [6.45, 7) is 1.01. The van der Waals surface area contributed by atoms with Crippen molar-refractivity contribution in [3.63, 3.8) is 0 Å². The van der Waals surface area contributed by atoms with E-state index in [1.807, 2.05) is 48.5 Å². The Morgan fingerprint density at radius 2 is 1.90 bits per heavy atom. The van der Waals surface area contributed by atoms with E-state index in [4.69, 9.17) is 9.26 Å². The van der Waals surface area contributed by atoms with Crippen LogP contribution < -0.4 is 4.74 Å². The molecule has 3 heterocycles. The van der Waals surface area contributed by atoms with Gasteiger partial charge in [-0.25, -0.2) is 0 Å². The number of carbonyl (C=O) groups is 1. The first-order chi connectivity index (χ1) is 14.8. The van der Waals surface area contributed by atoms with Gasteiger partial charge in [0.2, 0.25) is 0 Å². The molecule has 0 unspecified atom stereocenters. The number of carbonyl (C=O) groups excluding carboxylic acids is 1. The highest BCUT2D eigenvalue weighted by Crippen LogP contribution is 2.40. The molecule has 1 N–H and O–H groups in total. The number of benzene rings is 2. The van der Waals surface area contributed by atoms with Gasteiger partial charge in [0.05, 0.1) is 24.2 Å². The van der Waals surface area contributed by atoms with Crippen LogP contribution in [0.15, 0.2) is 53.1 Å². The maximum absolute atomic E-state index is 12.8. The third kappa shape index (κ3) is 2.92. The third-order valence-corrected chi connectivity index (χ3v) is 5.60. The van der Waals surface area contributed by atoms with Gasteiger partial charge in [0.15, 0.2) is 11.5 Å². The maximum Gasteiger partial charge on any atom is 0.275 e. The number of hydrogen-bond acceptors (Lipinski definition) is 6. The summed E-state index contributed by atoms with van der Waals surface area (Å²) in [7, 11) is 0. The molecule has 2 aromatic carbocycles. The largest absolute Gasteiger partial charge is 0.486 e. The second kappa shape index (κ2) is 6.69. The van der Waals surface area contributed by atoms with Gasteiger partial charge in [-0.05, 0) is 31.0 Å². The number of nitrogens with zero attached hydrogens (tertiary/aromatic N) is 4. The molecule has 0 spiro atoms. The fourth-order valence-corrected chi connectivity index (χ4v) is 3.73. The molecule has 150 valence electrons. The van der Waals surface area contributed by atoms with Gasteiger partial charge in [-0.15, -0.1) is 0 Å². The van der Waals surface area contributed by atoms with Crippen LogP contribution >= 0.6 is 0 Å². The number of ether oxygens (including phenoxy) is 1. The number of aromatic nitrogens is 4. The molecule has 1 amide bonds. The van der Waals surface area contributed by atoms with E-state index < -0.39 is 0 Å². The molecule has 30 heavy (non-hydrogen) atoms. The summed E-state index contributed by atoms with van der Waals surface area (Å²) in [5.74, 6) is 2.27. The monoisotopic (exact) mass is 401 g/mol. The minimum Gasteiger partial charge on any atom is -0.486 e. The van der Waals surface area contributed by atoms with Crippen molar-refractivity contribution in [3.8, 4) is 17.2 Å². The van der Waals surface area contributed by atoms with E-state index in [0.717, 1.165) is 35.1 Å². The first-order valence-corrected chi connectivity index (χ1v) is 10.1. The van der Waals surface area contributed by atoms with E-state index >= 15 is 0 Å². The average Bonchev–Trinajstić information content (AvgIpc) is 3.32. The SMILES string of the molecule is O=C(c1n[nH]c2ccccc12)N1CC(Oc2ccccc2-c2nc(C3CC3)no2)C1. The number of nitrogens with one attached hydrogen (secondary N) is 1. The summed E-state index contributed by atoms with van der Waals surface area (Å²) in [5.41, 5.74) is 2.08. The lowest BCUT2D eigenvalue weighted by Gasteiger charge is -2.38. The highest BCUT2D eigenvalue weighted by molar-refractivity contribution is 6.04. The number of rotatable bonds is 5. The predicted octanol–water partition coefficient (Wildman–Crippen LogP) is 3.39. The van der Waals surface area contributed by atoms with Gasteiger partial charge in [0.25, 0.3) is 11.8 Å². The summed E-state index contributed by atoms with van der Waals surface area (Å²) < 4.78 is 11.6. The van der Waals surface area contributed by atoms with Crippen molar-refractivity contribution >= 4 is 16.8 Å². The van der Waals surface area contributed by atoms with Crippen LogP contribution in [0.2, 0.25) is 0 Å². The van der Waals surface area contributed by atoms with Crippen molar-refractivity contribution in [1.29, 1.82) is 0 Å². The molecule has 0 atom stereocenters. The zero-order valence-corrected chi connectivity index (χ0v) is 16.1. The Kier molecular flexibility index (Phi) is 3.83. The quantitative estimate of drug-likeness (QED) is 0.551. The standard InChI is InChI=1S/C22H19N5O3/c28-22(19-15-5-1-3-7-17(15)24-25-19)27-11-14(12-27)29-18-8-4-2-6-16(18)21-23-20(26-30-21)13-9-10-13/h1-8,13-14H,9-12H2,(H,24,25). The van der Waals surface area contributed by atoms with Crippen LogP contribution in [-0.2, 0) is 0 Å². The molecule has 2 aliphatic rings. The number of para-hydroxylation sites is 2. The Balaban J connectivity index is 1.15. The molecule has 0 bridgehead atoms. The molecule has 2 aromatic heterocycles. The Morgan fingerprint density at radius 1 is 1.10 bits per heavy atom. The summed E-state index contributed by atoms with van der Waals surface area (Å²) in [6.07, 6.45) is 2.15. The summed E-state index contributed by atoms with van der Waals surface area (Å²) >= 11 is 0. The maximum atomic E-state index is 12.8. The lowest BCUT2D eigenvalue weighted by atomic mass is 10.1. The molecule has 1 saturated carbocycles. The number of amides is 1. The van der Waals surface area contributed by atoms with Crippen LogP contribution in [0.3, 0.4) is 0 Å². The Morgan fingerprint density at radius 3 is 2.77 bits per heavy atom. The van der Waals surface area contributed by atoms with E-state index in [2.05, 4.69) is 20.3 Å².